The first-order chi connectivity index (χ1) is 8.22. The Bertz CT molecular complexity index is 499. The van der Waals surface area contributed by atoms with Crippen LogP contribution in [0.1, 0.15) is 0 Å². The molecule has 17 heavy (non-hydrogen) atoms. The Morgan fingerprint density at radius 2 is 2.06 bits per heavy atom. The number of nitrogens with zero attached hydrogens (tertiary/aromatic N) is 2. The largest absolute Gasteiger partial charge is 0.495 e. The first-order valence-electron chi connectivity index (χ1n) is 5.30. The van der Waals surface area contributed by atoms with Gasteiger partial charge in [-0.15, -0.1) is 0 Å². The van der Waals surface area contributed by atoms with E-state index in [1.54, 1.807) is 13.3 Å². The molecule has 0 aliphatic rings. The van der Waals surface area contributed by atoms with Crippen LogP contribution in [0.4, 0.5) is 17.2 Å². The molecule has 0 aliphatic heterocycles. The van der Waals surface area contributed by atoms with Crippen molar-refractivity contribution in [3.63, 3.8) is 0 Å². The van der Waals surface area contributed by atoms with E-state index in [2.05, 4.69) is 4.98 Å². The summed E-state index contributed by atoms with van der Waals surface area (Å²) in [5.41, 5.74) is 7.39. The number of hydrogen-bond donors (Lipinski definition) is 1. The van der Waals surface area contributed by atoms with Crippen LogP contribution in [0.15, 0.2) is 42.6 Å². The average Bonchev–Trinajstić information content (AvgIpc) is 2.39. The minimum absolute atomic E-state index is 0.630. The van der Waals surface area contributed by atoms with Gasteiger partial charge in [-0.05, 0) is 24.3 Å². The summed E-state index contributed by atoms with van der Waals surface area (Å²) in [4.78, 5) is 6.26. The summed E-state index contributed by atoms with van der Waals surface area (Å²) < 4.78 is 5.20. The molecule has 0 unspecified atom stereocenters. The van der Waals surface area contributed by atoms with Crippen LogP contribution < -0.4 is 15.4 Å². The van der Waals surface area contributed by atoms with Crippen molar-refractivity contribution in [2.24, 2.45) is 0 Å². The Kier molecular flexibility index (Phi) is 3.14. The van der Waals surface area contributed by atoms with E-state index in [4.69, 9.17) is 10.5 Å². The lowest BCUT2D eigenvalue weighted by molar-refractivity contribution is 0.417. The van der Waals surface area contributed by atoms with E-state index in [-0.39, 0.29) is 0 Å². The van der Waals surface area contributed by atoms with Gasteiger partial charge in [-0.1, -0.05) is 6.07 Å². The highest BCUT2D eigenvalue weighted by molar-refractivity contribution is 5.66. The molecule has 2 aromatic rings. The molecule has 0 bridgehead atoms. The molecule has 0 aliphatic carbocycles. The quantitative estimate of drug-likeness (QED) is 0.821. The van der Waals surface area contributed by atoms with E-state index < -0.39 is 0 Å². The van der Waals surface area contributed by atoms with Gasteiger partial charge < -0.3 is 15.4 Å². The lowest BCUT2D eigenvalue weighted by Gasteiger charge is -2.19. The van der Waals surface area contributed by atoms with Gasteiger partial charge >= 0.3 is 0 Å². The van der Waals surface area contributed by atoms with Crippen LogP contribution in [0, 0.1) is 0 Å². The van der Waals surface area contributed by atoms with Crippen LogP contribution >= 0.6 is 0 Å². The molecule has 0 radical (unpaired) electrons. The van der Waals surface area contributed by atoms with Gasteiger partial charge in [-0.25, -0.2) is 4.98 Å². The highest BCUT2D eigenvalue weighted by Gasteiger charge is 2.07. The van der Waals surface area contributed by atoms with Crippen molar-refractivity contribution in [2.45, 2.75) is 0 Å². The number of anilines is 3. The van der Waals surface area contributed by atoms with Crippen molar-refractivity contribution in [1.29, 1.82) is 0 Å². The van der Waals surface area contributed by atoms with E-state index in [1.807, 2.05) is 48.3 Å². The molecule has 1 aromatic heterocycles. The summed E-state index contributed by atoms with van der Waals surface area (Å²) in [6, 6.07) is 11.4. The zero-order valence-corrected chi connectivity index (χ0v) is 9.92. The van der Waals surface area contributed by atoms with Crippen LogP contribution in [0.25, 0.3) is 0 Å². The molecule has 0 saturated heterocycles. The Hall–Kier alpha value is -2.23. The number of aromatic nitrogens is 1. The van der Waals surface area contributed by atoms with Gasteiger partial charge in [0.1, 0.15) is 11.6 Å². The van der Waals surface area contributed by atoms with Crippen molar-refractivity contribution in [3.8, 4) is 5.75 Å². The Labute approximate surface area is 101 Å². The normalized spacial score (nSPS) is 10.0. The Morgan fingerprint density at radius 1 is 1.24 bits per heavy atom. The fourth-order valence-electron chi connectivity index (χ4n) is 1.59. The van der Waals surface area contributed by atoms with Gasteiger partial charge in [0.25, 0.3) is 0 Å². The molecule has 2 N–H and O–H groups in total. The molecule has 0 fully saturated rings. The highest BCUT2D eigenvalue weighted by atomic mass is 16.5. The molecule has 1 aromatic carbocycles. The van der Waals surface area contributed by atoms with Crippen LogP contribution in [-0.4, -0.2) is 19.1 Å². The molecule has 4 nitrogen and oxygen atoms in total. The number of nitrogens with two attached hydrogens (primary N) is 1. The van der Waals surface area contributed by atoms with Crippen molar-refractivity contribution in [3.05, 3.63) is 42.6 Å². The third-order valence-electron chi connectivity index (χ3n) is 2.60. The molecular weight excluding hydrogens is 214 g/mol. The predicted molar refractivity (Wildman–Crippen MR) is 69.7 cm³/mol. The number of hydrogen-bond acceptors (Lipinski definition) is 4. The molecule has 4 heteroatoms. The molecule has 1 heterocycles. The third-order valence-corrected chi connectivity index (χ3v) is 2.60. The van der Waals surface area contributed by atoms with E-state index >= 15 is 0 Å². The number of pyridine rings is 1. The molecule has 0 spiro atoms. The first kappa shape index (κ1) is 11.3. The van der Waals surface area contributed by atoms with E-state index in [0.29, 0.717) is 11.4 Å². The van der Waals surface area contributed by atoms with Crippen molar-refractivity contribution in [1.82, 2.24) is 4.98 Å². The number of rotatable bonds is 3. The maximum absolute atomic E-state index is 5.78. The second kappa shape index (κ2) is 4.74. The minimum atomic E-state index is 0.630. The fraction of sp³-hybridized carbons (Fsp3) is 0.154. The first-order valence-corrected chi connectivity index (χ1v) is 5.30. The SMILES string of the molecule is COc1cc(N(C)c2ccccn2)ccc1N. The molecule has 88 valence electrons. The second-order valence-corrected chi connectivity index (χ2v) is 3.67. The molecule has 0 amide bonds. The lowest BCUT2D eigenvalue weighted by atomic mass is 10.2. The zero-order chi connectivity index (χ0) is 12.3. The van der Waals surface area contributed by atoms with Gasteiger partial charge in [0.05, 0.1) is 12.8 Å². The lowest BCUT2D eigenvalue weighted by Crippen LogP contribution is -2.11. The maximum Gasteiger partial charge on any atom is 0.143 e. The number of benzene rings is 1. The van der Waals surface area contributed by atoms with Crippen LogP contribution in [0.2, 0.25) is 0 Å². The van der Waals surface area contributed by atoms with Crippen LogP contribution in [0.5, 0.6) is 5.75 Å². The number of ether oxygens (including phenoxy) is 1. The second-order valence-electron chi connectivity index (χ2n) is 3.67. The van der Waals surface area contributed by atoms with Crippen molar-refractivity contribution < 1.29 is 4.74 Å². The predicted octanol–water partition coefficient (Wildman–Crippen LogP) is 2.44. The number of nitrogen functional groups attached to an aromatic ring is 1. The maximum atomic E-state index is 5.78. The van der Waals surface area contributed by atoms with Crippen molar-refractivity contribution >= 4 is 17.2 Å². The smallest absolute Gasteiger partial charge is 0.143 e. The third kappa shape index (κ3) is 2.30. The molecule has 0 atom stereocenters. The fourth-order valence-corrected chi connectivity index (χ4v) is 1.59. The summed E-state index contributed by atoms with van der Waals surface area (Å²) >= 11 is 0. The zero-order valence-electron chi connectivity index (χ0n) is 9.92. The average molecular weight is 229 g/mol. The monoisotopic (exact) mass is 229 g/mol. The van der Waals surface area contributed by atoms with E-state index in [1.165, 1.54) is 0 Å². The van der Waals surface area contributed by atoms with E-state index in [9.17, 15) is 0 Å². The summed E-state index contributed by atoms with van der Waals surface area (Å²) in [6.07, 6.45) is 1.76. The molecule has 2 rings (SSSR count). The standard InChI is InChI=1S/C13H15N3O/c1-16(13-5-3-4-8-15-13)10-6-7-11(14)12(9-10)17-2/h3-9H,14H2,1-2H3. The van der Waals surface area contributed by atoms with Gasteiger partial charge in [0, 0.05) is 25.0 Å². The van der Waals surface area contributed by atoms with Gasteiger partial charge in [-0.3, -0.25) is 0 Å². The minimum Gasteiger partial charge on any atom is -0.495 e. The van der Waals surface area contributed by atoms with Crippen LogP contribution in [-0.2, 0) is 0 Å². The summed E-state index contributed by atoms with van der Waals surface area (Å²) in [7, 11) is 3.56. The van der Waals surface area contributed by atoms with Gasteiger partial charge in [0.15, 0.2) is 0 Å². The summed E-state index contributed by atoms with van der Waals surface area (Å²) in [5, 5.41) is 0. The topological polar surface area (TPSA) is 51.4 Å². The molecular formula is C13H15N3O. The van der Waals surface area contributed by atoms with Gasteiger partial charge in [0.2, 0.25) is 0 Å². The summed E-state index contributed by atoms with van der Waals surface area (Å²) in [5.74, 6) is 1.55. The summed E-state index contributed by atoms with van der Waals surface area (Å²) in [6.45, 7) is 0. The van der Waals surface area contributed by atoms with Crippen LogP contribution in [0.3, 0.4) is 0 Å². The Balaban J connectivity index is 2.34. The molecule has 0 saturated carbocycles. The van der Waals surface area contributed by atoms with E-state index in [0.717, 1.165) is 11.5 Å². The number of methoxy groups -OCH3 is 1. The van der Waals surface area contributed by atoms with Crippen molar-refractivity contribution in [2.75, 3.05) is 24.8 Å². The Morgan fingerprint density at radius 3 is 2.71 bits per heavy atom. The highest BCUT2D eigenvalue weighted by Crippen LogP contribution is 2.29. The van der Waals surface area contributed by atoms with Gasteiger partial charge in [-0.2, -0.15) is 0 Å².